The van der Waals surface area contributed by atoms with Gasteiger partial charge in [0, 0.05) is 19.7 Å². The highest BCUT2D eigenvalue weighted by molar-refractivity contribution is 5.91. The molecule has 0 saturated carbocycles. The second-order valence-electron chi connectivity index (χ2n) is 5.38. The molecule has 0 spiro atoms. The van der Waals surface area contributed by atoms with Crippen molar-refractivity contribution in [1.82, 2.24) is 20.0 Å². The molecule has 0 fully saturated rings. The molecule has 24 heavy (non-hydrogen) atoms. The molecule has 0 aliphatic rings. The Labute approximate surface area is 139 Å². The molecule has 0 bridgehead atoms. The molecule has 1 amide bonds. The summed E-state index contributed by atoms with van der Waals surface area (Å²) in [5.74, 6) is 1.54. The maximum Gasteiger partial charge on any atom is 0.274 e. The van der Waals surface area contributed by atoms with Gasteiger partial charge in [0.05, 0.1) is 12.4 Å². The van der Waals surface area contributed by atoms with Crippen molar-refractivity contribution < 1.29 is 9.32 Å². The highest BCUT2D eigenvalue weighted by Crippen LogP contribution is 2.13. The Morgan fingerprint density at radius 3 is 2.58 bits per heavy atom. The molecule has 0 aliphatic heterocycles. The monoisotopic (exact) mass is 323 g/mol. The van der Waals surface area contributed by atoms with Gasteiger partial charge in [0.2, 0.25) is 0 Å². The molecule has 0 unspecified atom stereocenters. The molecule has 0 saturated heterocycles. The second kappa shape index (κ2) is 6.91. The normalized spacial score (nSPS) is 10.4. The van der Waals surface area contributed by atoms with Crippen molar-refractivity contribution in [2.45, 2.75) is 13.5 Å². The highest BCUT2D eigenvalue weighted by Gasteiger charge is 2.14. The number of anilines is 2. The van der Waals surface area contributed by atoms with Gasteiger partial charge in [-0.05, 0) is 12.5 Å². The number of benzene rings is 1. The van der Waals surface area contributed by atoms with Crippen LogP contribution in [0.1, 0.15) is 21.8 Å². The minimum absolute atomic E-state index is 0.185. The summed E-state index contributed by atoms with van der Waals surface area (Å²) in [6.07, 6.45) is 2.94. The van der Waals surface area contributed by atoms with Gasteiger partial charge in [-0.15, -0.1) is 0 Å². The average Bonchev–Trinajstić information content (AvgIpc) is 3.00. The van der Waals surface area contributed by atoms with Crippen molar-refractivity contribution in [2.75, 3.05) is 12.4 Å². The Kier molecular flexibility index (Phi) is 4.51. The summed E-state index contributed by atoms with van der Waals surface area (Å²) in [6, 6.07) is 11.5. The summed E-state index contributed by atoms with van der Waals surface area (Å²) in [6.45, 7) is 2.31. The maximum atomic E-state index is 12.4. The molecule has 0 atom stereocenters. The Hall–Kier alpha value is -3.22. The van der Waals surface area contributed by atoms with Crippen LogP contribution in [0.4, 0.5) is 11.6 Å². The summed E-state index contributed by atoms with van der Waals surface area (Å²) >= 11 is 0. The Morgan fingerprint density at radius 1 is 1.17 bits per heavy atom. The van der Waals surface area contributed by atoms with Gasteiger partial charge >= 0.3 is 0 Å². The molecule has 2 heterocycles. The molecule has 2 aromatic heterocycles. The largest absolute Gasteiger partial charge is 0.360 e. The second-order valence-corrected chi connectivity index (χ2v) is 5.38. The molecule has 0 aliphatic carbocycles. The van der Waals surface area contributed by atoms with Gasteiger partial charge in [0.1, 0.15) is 17.3 Å². The van der Waals surface area contributed by atoms with Crippen molar-refractivity contribution in [3.63, 3.8) is 0 Å². The minimum atomic E-state index is -0.185. The Morgan fingerprint density at radius 2 is 1.96 bits per heavy atom. The summed E-state index contributed by atoms with van der Waals surface area (Å²) in [5, 5.41) is 6.77. The SMILES string of the molecule is Cc1cc(Nc2cnc(C(=O)N(C)Cc3ccccc3)cn2)no1. The van der Waals surface area contributed by atoms with Crippen LogP contribution in [0.15, 0.2) is 53.3 Å². The number of amides is 1. The van der Waals surface area contributed by atoms with Crippen LogP contribution in [0.25, 0.3) is 0 Å². The van der Waals surface area contributed by atoms with E-state index < -0.39 is 0 Å². The lowest BCUT2D eigenvalue weighted by Gasteiger charge is -2.16. The van der Waals surface area contributed by atoms with E-state index in [4.69, 9.17) is 4.52 Å². The lowest BCUT2D eigenvalue weighted by molar-refractivity contribution is 0.0779. The summed E-state index contributed by atoms with van der Waals surface area (Å²) in [7, 11) is 1.74. The third-order valence-electron chi connectivity index (χ3n) is 3.36. The third-order valence-corrected chi connectivity index (χ3v) is 3.36. The van der Waals surface area contributed by atoms with E-state index in [-0.39, 0.29) is 11.6 Å². The van der Waals surface area contributed by atoms with Gasteiger partial charge in [-0.25, -0.2) is 9.97 Å². The first-order valence-corrected chi connectivity index (χ1v) is 7.43. The van der Waals surface area contributed by atoms with Gasteiger partial charge in [-0.3, -0.25) is 4.79 Å². The van der Waals surface area contributed by atoms with Crippen molar-refractivity contribution in [3.05, 3.63) is 65.8 Å². The molecule has 7 nitrogen and oxygen atoms in total. The van der Waals surface area contributed by atoms with Gasteiger partial charge in [-0.1, -0.05) is 35.5 Å². The van der Waals surface area contributed by atoms with Crippen LogP contribution in [0.3, 0.4) is 0 Å². The first-order chi connectivity index (χ1) is 11.6. The molecule has 3 rings (SSSR count). The molecule has 7 heteroatoms. The van der Waals surface area contributed by atoms with Crippen LogP contribution < -0.4 is 5.32 Å². The van der Waals surface area contributed by atoms with Gasteiger partial charge in [-0.2, -0.15) is 0 Å². The number of aromatic nitrogens is 3. The summed E-state index contributed by atoms with van der Waals surface area (Å²) in [5.41, 5.74) is 1.34. The maximum absolute atomic E-state index is 12.4. The van der Waals surface area contributed by atoms with Crippen molar-refractivity contribution in [2.24, 2.45) is 0 Å². The number of nitrogens with one attached hydrogen (secondary N) is 1. The zero-order valence-corrected chi connectivity index (χ0v) is 13.4. The molecule has 1 aromatic carbocycles. The fourth-order valence-electron chi connectivity index (χ4n) is 2.18. The number of rotatable bonds is 5. The fraction of sp³-hybridized carbons (Fsp3) is 0.176. The standard InChI is InChI=1S/C17H17N5O2/c1-12-8-15(21-24-12)20-16-10-18-14(9-19-16)17(23)22(2)11-13-6-4-3-5-7-13/h3-10H,11H2,1-2H3,(H,19,20,21). The lowest BCUT2D eigenvalue weighted by Crippen LogP contribution is -2.27. The molecule has 3 aromatic rings. The van der Waals surface area contributed by atoms with Crippen LogP contribution >= 0.6 is 0 Å². The predicted molar refractivity (Wildman–Crippen MR) is 88.8 cm³/mol. The number of carbonyl (C=O) groups excluding carboxylic acids is 1. The quantitative estimate of drug-likeness (QED) is 0.777. The Balaban J connectivity index is 1.65. The van der Waals surface area contributed by atoms with E-state index in [0.29, 0.717) is 23.9 Å². The first kappa shape index (κ1) is 15.7. The zero-order chi connectivity index (χ0) is 16.9. The Bertz CT molecular complexity index is 815. The van der Waals surface area contributed by atoms with Crippen molar-refractivity contribution in [3.8, 4) is 0 Å². The van der Waals surface area contributed by atoms with Gasteiger partial charge in [0.15, 0.2) is 5.82 Å². The van der Waals surface area contributed by atoms with E-state index in [1.165, 1.54) is 12.4 Å². The molecular formula is C17H17N5O2. The van der Waals surface area contributed by atoms with E-state index in [2.05, 4.69) is 20.4 Å². The minimum Gasteiger partial charge on any atom is -0.360 e. The van der Waals surface area contributed by atoms with E-state index in [9.17, 15) is 4.79 Å². The topological polar surface area (TPSA) is 84.2 Å². The number of aryl methyl sites for hydroxylation is 1. The van der Waals surface area contributed by atoms with Crippen LogP contribution in [-0.2, 0) is 6.54 Å². The molecular weight excluding hydrogens is 306 g/mol. The number of hydrogen-bond acceptors (Lipinski definition) is 6. The summed E-state index contributed by atoms with van der Waals surface area (Å²) < 4.78 is 4.97. The molecule has 0 radical (unpaired) electrons. The third kappa shape index (κ3) is 3.75. The van der Waals surface area contributed by atoms with E-state index in [1.54, 1.807) is 24.9 Å². The highest BCUT2D eigenvalue weighted by atomic mass is 16.5. The van der Waals surface area contributed by atoms with Crippen LogP contribution in [0.5, 0.6) is 0 Å². The number of carbonyl (C=O) groups is 1. The van der Waals surface area contributed by atoms with Gasteiger partial charge < -0.3 is 14.7 Å². The average molecular weight is 323 g/mol. The van der Waals surface area contributed by atoms with Crippen molar-refractivity contribution >= 4 is 17.5 Å². The smallest absolute Gasteiger partial charge is 0.274 e. The molecule has 1 N–H and O–H groups in total. The van der Waals surface area contributed by atoms with E-state index in [0.717, 1.165) is 5.56 Å². The lowest BCUT2D eigenvalue weighted by atomic mass is 10.2. The van der Waals surface area contributed by atoms with E-state index >= 15 is 0 Å². The molecule has 122 valence electrons. The number of hydrogen-bond donors (Lipinski definition) is 1. The first-order valence-electron chi connectivity index (χ1n) is 7.43. The van der Waals surface area contributed by atoms with Crippen LogP contribution in [-0.4, -0.2) is 33.0 Å². The summed E-state index contributed by atoms with van der Waals surface area (Å²) in [4.78, 5) is 22.4. The van der Waals surface area contributed by atoms with Crippen molar-refractivity contribution in [1.29, 1.82) is 0 Å². The predicted octanol–water partition coefficient (Wildman–Crippen LogP) is 2.79. The van der Waals surface area contributed by atoms with Crippen LogP contribution in [0.2, 0.25) is 0 Å². The zero-order valence-electron chi connectivity index (χ0n) is 13.4. The fourth-order valence-corrected chi connectivity index (χ4v) is 2.18. The van der Waals surface area contributed by atoms with Crippen LogP contribution in [0, 0.1) is 6.92 Å². The number of nitrogens with zero attached hydrogens (tertiary/aromatic N) is 4. The van der Waals surface area contributed by atoms with Gasteiger partial charge in [0.25, 0.3) is 5.91 Å². The van der Waals surface area contributed by atoms with E-state index in [1.807, 2.05) is 30.3 Å².